The van der Waals surface area contributed by atoms with E-state index >= 15 is 0 Å². The van der Waals surface area contributed by atoms with Gasteiger partial charge in [0.1, 0.15) is 5.69 Å². The van der Waals surface area contributed by atoms with E-state index in [1.807, 2.05) is 18.2 Å². The van der Waals surface area contributed by atoms with Crippen molar-refractivity contribution < 1.29 is 23.8 Å². The van der Waals surface area contributed by atoms with Crippen molar-refractivity contribution in [3.8, 4) is 5.75 Å². The fourth-order valence-electron chi connectivity index (χ4n) is 1.80. The monoisotopic (exact) mass is 359 g/mol. The standard InChI is InChI=1S/C16H17N5O5/c1-24-12-9-11(21-20-10-7-5-4-6-8-10)13(18-15(22)25-2)17-14(12)19-16(23)26-3/h4-9H,1-3H3,(H2,17,18,19,22,23). The summed E-state index contributed by atoms with van der Waals surface area (Å²) in [6.07, 6.45) is -1.51. The van der Waals surface area contributed by atoms with Gasteiger partial charge < -0.3 is 14.2 Å². The van der Waals surface area contributed by atoms with Crippen molar-refractivity contribution in [2.45, 2.75) is 0 Å². The zero-order valence-electron chi connectivity index (χ0n) is 14.3. The van der Waals surface area contributed by atoms with Crippen LogP contribution in [0.3, 0.4) is 0 Å². The molecule has 0 fully saturated rings. The fraction of sp³-hybridized carbons (Fsp3) is 0.188. The number of amides is 2. The number of carbonyl (C=O) groups excluding carboxylic acids is 2. The van der Waals surface area contributed by atoms with E-state index < -0.39 is 12.2 Å². The summed E-state index contributed by atoms with van der Waals surface area (Å²) in [4.78, 5) is 27.1. The Kier molecular flexibility index (Phi) is 6.43. The molecule has 1 aromatic carbocycles. The number of hydrogen-bond donors (Lipinski definition) is 2. The van der Waals surface area contributed by atoms with Gasteiger partial charge in [-0.2, -0.15) is 5.11 Å². The van der Waals surface area contributed by atoms with E-state index in [1.165, 1.54) is 27.4 Å². The molecule has 0 bridgehead atoms. The topological polar surface area (TPSA) is 124 Å². The maximum atomic E-state index is 11.6. The highest BCUT2D eigenvalue weighted by Gasteiger charge is 2.17. The first-order valence-corrected chi connectivity index (χ1v) is 7.33. The van der Waals surface area contributed by atoms with Gasteiger partial charge in [0.2, 0.25) is 0 Å². The van der Waals surface area contributed by atoms with Crippen molar-refractivity contribution in [2.24, 2.45) is 10.2 Å². The second kappa shape index (κ2) is 8.97. The Bertz CT molecular complexity index is 810. The lowest BCUT2D eigenvalue weighted by molar-refractivity contribution is 0.186. The Morgan fingerprint density at radius 3 is 2.12 bits per heavy atom. The van der Waals surface area contributed by atoms with Gasteiger partial charge in [0, 0.05) is 6.07 Å². The van der Waals surface area contributed by atoms with Gasteiger partial charge in [-0.05, 0) is 12.1 Å². The van der Waals surface area contributed by atoms with E-state index in [4.69, 9.17) is 4.74 Å². The summed E-state index contributed by atoms with van der Waals surface area (Å²) in [6.45, 7) is 0. The summed E-state index contributed by atoms with van der Waals surface area (Å²) in [5, 5.41) is 12.9. The summed E-state index contributed by atoms with van der Waals surface area (Å²) >= 11 is 0. The van der Waals surface area contributed by atoms with Crippen molar-refractivity contribution in [3.05, 3.63) is 36.4 Å². The Labute approximate surface area is 149 Å². The van der Waals surface area contributed by atoms with E-state index in [0.29, 0.717) is 5.69 Å². The van der Waals surface area contributed by atoms with Crippen molar-refractivity contribution in [1.82, 2.24) is 4.98 Å². The van der Waals surface area contributed by atoms with Crippen LogP contribution in [-0.4, -0.2) is 38.5 Å². The lowest BCUT2D eigenvalue weighted by Gasteiger charge is -2.12. The minimum atomic E-state index is -0.761. The number of azo groups is 1. The zero-order chi connectivity index (χ0) is 18.9. The predicted molar refractivity (Wildman–Crippen MR) is 93.5 cm³/mol. The first-order chi connectivity index (χ1) is 12.6. The summed E-state index contributed by atoms with van der Waals surface area (Å²) in [7, 11) is 3.81. The Morgan fingerprint density at radius 2 is 1.54 bits per heavy atom. The summed E-state index contributed by atoms with van der Waals surface area (Å²) in [5.41, 5.74) is 0.804. The van der Waals surface area contributed by atoms with Gasteiger partial charge in [0.05, 0.1) is 27.0 Å². The molecule has 0 spiro atoms. The number of hydrogen-bond acceptors (Lipinski definition) is 8. The SMILES string of the molecule is COC(=O)Nc1nc(NC(=O)OC)c(OC)cc1N=Nc1ccccc1. The van der Waals surface area contributed by atoms with Crippen LogP contribution in [0.2, 0.25) is 0 Å². The number of nitrogens with one attached hydrogen (secondary N) is 2. The van der Waals surface area contributed by atoms with Gasteiger partial charge in [-0.15, -0.1) is 5.11 Å². The molecule has 0 saturated heterocycles. The minimum absolute atomic E-state index is 0.0173. The quantitative estimate of drug-likeness (QED) is 0.781. The lowest BCUT2D eigenvalue weighted by Crippen LogP contribution is -2.16. The number of carbonyl (C=O) groups is 2. The van der Waals surface area contributed by atoms with E-state index in [9.17, 15) is 9.59 Å². The van der Waals surface area contributed by atoms with Crippen LogP contribution in [0.5, 0.6) is 5.75 Å². The number of aromatic nitrogens is 1. The second-order valence-electron chi connectivity index (χ2n) is 4.68. The maximum absolute atomic E-state index is 11.6. The van der Waals surface area contributed by atoms with Crippen LogP contribution in [0.1, 0.15) is 0 Å². The highest BCUT2D eigenvalue weighted by molar-refractivity contribution is 5.90. The lowest BCUT2D eigenvalue weighted by atomic mass is 10.3. The van der Waals surface area contributed by atoms with Crippen molar-refractivity contribution in [1.29, 1.82) is 0 Å². The third-order valence-electron chi connectivity index (χ3n) is 3.03. The van der Waals surface area contributed by atoms with E-state index in [2.05, 4.69) is 35.3 Å². The average molecular weight is 359 g/mol. The molecule has 1 aromatic heterocycles. The van der Waals surface area contributed by atoms with Gasteiger partial charge >= 0.3 is 12.2 Å². The third-order valence-corrected chi connectivity index (χ3v) is 3.03. The zero-order valence-corrected chi connectivity index (χ0v) is 14.3. The van der Waals surface area contributed by atoms with Gasteiger partial charge in [-0.3, -0.25) is 10.6 Å². The molecule has 10 nitrogen and oxygen atoms in total. The highest BCUT2D eigenvalue weighted by Crippen LogP contribution is 2.34. The number of benzene rings is 1. The number of anilines is 2. The molecule has 2 amide bonds. The predicted octanol–water partition coefficient (Wildman–Crippen LogP) is 3.86. The average Bonchev–Trinajstić information content (AvgIpc) is 2.67. The number of methoxy groups -OCH3 is 3. The number of pyridine rings is 1. The van der Waals surface area contributed by atoms with E-state index in [-0.39, 0.29) is 23.1 Å². The Balaban J connectivity index is 2.44. The van der Waals surface area contributed by atoms with Crippen molar-refractivity contribution in [2.75, 3.05) is 32.0 Å². The summed E-state index contributed by atoms with van der Waals surface area (Å²) in [6, 6.07) is 10.4. The van der Waals surface area contributed by atoms with Crippen LogP contribution in [0.15, 0.2) is 46.6 Å². The molecule has 2 N–H and O–H groups in total. The molecule has 0 aliphatic heterocycles. The largest absolute Gasteiger partial charge is 0.493 e. The smallest absolute Gasteiger partial charge is 0.412 e. The van der Waals surface area contributed by atoms with Crippen LogP contribution in [0.4, 0.5) is 32.6 Å². The van der Waals surface area contributed by atoms with Crippen LogP contribution >= 0.6 is 0 Å². The van der Waals surface area contributed by atoms with Gasteiger partial charge in [-0.1, -0.05) is 18.2 Å². The molecule has 0 aliphatic rings. The first-order valence-electron chi connectivity index (χ1n) is 7.33. The molecule has 0 atom stereocenters. The molecular weight excluding hydrogens is 342 g/mol. The van der Waals surface area contributed by atoms with E-state index in [0.717, 1.165) is 0 Å². The van der Waals surface area contributed by atoms with E-state index in [1.54, 1.807) is 12.1 Å². The molecule has 2 aromatic rings. The first kappa shape index (κ1) is 18.6. The third kappa shape index (κ3) is 4.90. The molecule has 0 radical (unpaired) electrons. The minimum Gasteiger partial charge on any atom is -0.493 e. The molecule has 136 valence electrons. The van der Waals surface area contributed by atoms with Crippen LogP contribution in [-0.2, 0) is 9.47 Å². The Morgan fingerprint density at radius 1 is 0.923 bits per heavy atom. The van der Waals surface area contributed by atoms with Crippen LogP contribution < -0.4 is 15.4 Å². The molecule has 2 rings (SSSR count). The molecule has 1 heterocycles. The molecule has 0 unspecified atom stereocenters. The van der Waals surface area contributed by atoms with Crippen molar-refractivity contribution in [3.63, 3.8) is 0 Å². The molecule has 0 saturated carbocycles. The number of ether oxygens (including phenoxy) is 3. The Hall–Kier alpha value is -3.69. The van der Waals surface area contributed by atoms with Gasteiger partial charge in [0.15, 0.2) is 17.4 Å². The molecule has 0 aliphatic carbocycles. The normalized spacial score (nSPS) is 10.3. The highest BCUT2D eigenvalue weighted by atomic mass is 16.5. The molecule has 26 heavy (non-hydrogen) atoms. The van der Waals surface area contributed by atoms with Gasteiger partial charge in [0.25, 0.3) is 0 Å². The van der Waals surface area contributed by atoms with Crippen LogP contribution in [0, 0.1) is 0 Å². The maximum Gasteiger partial charge on any atom is 0.412 e. The summed E-state index contributed by atoms with van der Waals surface area (Å²) in [5.74, 6) is 0.251. The molecular formula is C16H17N5O5. The second-order valence-corrected chi connectivity index (χ2v) is 4.68. The number of rotatable bonds is 5. The van der Waals surface area contributed by atoms with Crippen LogP contribution in [0.25, 0.3) is 0 Å². The summed E-state index contributed by atoms with van der Waals surface area (Å²) < 4.78 is 14.3. The number of nitrogens with zero attached hydrogens (tertiary/aromatic N) is 3. The fourth-order valence-corrected chi connectivity index (χ4v) is 1.80. The van der Waals surface area contributed by atoms with Crippen molar-refractivity contribution >= 4 is 35.2 Å². The van der Waals surface area contributed by atoms with Gasteiger partial charge in [-0.25, -0.2) is 14.6 Å². The molecule has 10 heteroatoms.